The van der Waals surface area contributed by atoms with E-state index in [4.69, 9.17) is 0 Å². The smallest absolute Gasteiger partial charge is 0.242 e. The Labute approximate surface area is 65.6 Å². The number of rotatable bonds is 1. The van der Waals surface area contributed by atoms with Crippen LogP contribution >= 0.6 is 0 Å². The predicted octanol–water partition coefficient (Wildman–Crippen LogP) is -0.647. The Balaban J connectivity index is 2.49. The van der Waals surface area contributed by atoms with Gasteiger partial charge in [0.25, 0.3) is 0 Å². The molecule has 1 N–H and O–H groups in total. The first kappa shape index (κ1) is 8.04. The fourth-order valence-electron chi connectivity index (χ4n) is 1.20. The molecule has 0 aromatic heterocycles. The van der Waals surface area contributed by atoms with Crippen LogP contribution in [0.2, 0.25) is 0 Å². The van der Waals surface area contributed by atoms with Crippen LogP contribution in [0.4, 0.5) is 0 Å². The van der Waals surface area contributed by atoms with Gasteiger partial charge in [0.15, 0.2) is 0 Å². The van der Waals surface area contributed by atoms with Crippen molar-refractivity contribution in [2.45, 2.75) is 19.4 Å². The maximum absolute atomic E-state index is 11.0. The Morgan fingerprint density at radius 2 is 2.18 bits per heavy atom. The number of carbonyl (C=O) groups excluding carboxylic acids is 2. The molecule has 0 aromatic rings. The largest absolute Gasteiger partial charge is 0.357 e. The van der Waals surface area contributed by atoms with E-state index in [-0.39, 0.29) is 17.9 Å². The lowest BCUT2D eigenvalue weighted by Gasteiger charge is -2.38. The second kappa shape index (κ2) is 2.90. The molecule has 0 saturated carbocycles. The van der Waals surface area contributed by atoms with Gasteiger partial charge in [0.2, 0.25) is 11.8 Å². The lowest BCUT2D eigenvalue weighted by atomic mass is 10.0. The Morgan fingerprint density at radius 3 is 2.45 bits per heavy atom. The van der Waals surface area contributed by atoms with Gasteiger partial charge in [0, 0.05) is 20.5 Å². The Morgan fingerprint density at radius 1 is 1.55 bits per heavy atom. The quantitative estimate of drug-likeness (QED) is 0.548. The third kappa shape index (κ3) is 1.34. The molecule has 2 amide bonds. The maximum Gasteiger partial charge on any atom is 0.242 e. The number of carbonyl (C=O) groups is 2. The summed E-state index contributed by atoms with van der Waals surface area (Å²) in [5, 5.41) is 2.52. The van der Waals surface area contributed by atoms with Crippen molar-refractivity contribution in [3.05, 3.63) is 0 Å². The van der Waals surface area contributed by atoms with Crippen molar-refractivity contribution in [2.24, 2.45) is 0 Å². The summed E-state index contributed by atoms with van der Waals surface area (Å²) in [7, 11) is 1.58. The molecule has 0 radical (unpaired) electrons. The fraction of sp³-hybridized carbons (Fsp3) is 0.714. The molecular formula is C7H12N2O2. The van der Waals surface area contributed by atoms with E-state index in [1.165, 1.54) is 6.92 Å². The molecule has 11 heavy (non-hydrogen) atoms. The van der Waals surface area contributed by atoms with Gasteiger partial charge in [-0.05, 0) is 6.42 Å². The molecule has 4 heteroatoms. The monoisotopic (exact) mass is 156 g/mol. The normalized spacial score (nSPS) is 22.4. The molecule has 0 aromatic carbocycles. The van der Waals surface area contributed by atoms with E-state index >= 15 is 0 Å². The van der Waals surface area contributed by atoms with E-state index in [1.807, 2.05) is 0 Å². The van der Waals surface area contributed by atoms with Crippen molar-refractivity contribution >= 4 is 11.8 Å². The highest BCUT2D eigenvalue weighted by atomic mass is 16.2. The molecule has 1 heterocycles. The highest BCUT2D eigenvalue weighted by molar-refractivity contribution is 5.88. The summed E-state index contributed by atoms with van der Waals surface area (Å²) >= 11 is 0. The van der Waals surface area contributed by atoms with E-state index < -0.39 is 0 Å². The van der Waals surface area contributed by atoms with Gasteiger partial charge in [-0.2, -0.15) is 0 Å². The average Bonchev–Trinajstić information content (AvgIpc) is 1.83. The van der Waals surface area contributed by atoms with Crippen molar-refractivity contribution in [3.63, 3.8) is 0 Å². The topological polar surface area (TPSA) is 49.4 Å². The molecule has 1 aliphatic rings. The van der Waals surface area contributed by atoms with Crippen LogP contribution < -0.4 is 5.32 Å². The van der Waals surface area contributed by atoms with Crippen LogP contribution in [0.25, 0.3) is 0 Å². The van der Waals surface area contributed by atoms with Crippen LogP contribution in [-0.2, 0) is 9.59 Å². The molecule has 1 rings (SSSR count). The molecule has 0 bridgehead atoms. The van der Waals surface area contributed by atoms with Gasteiger partial charge >= 0.3 is 0 Å². The van der Waals surface area contributed by atoms with E-state index in [9.17, 15) is 9.59 Å². The van der Waals surface area contributed by atoms with Crippen LogP contribution in [0, 0.1) is 0 Å². The Kier molecular flexibility index (Phi) is 2.12. The molecule has 1 fully saturated rings. The van der Waals surface area contributed by atoms with Crippen molar-refractivity contribution in [2.75, 3.05) is 13.6 Å². The highest BCUT2D eigenvalue weighted by Crippen LogP contribution is 2.16. The van der Waals surface area contributed by atoms with Crippen LogP contribution in [0.3, 0.4) is 0 Å². The minimum absolute atomic E-state index is 0.0233. The minimum Gasteiger partial charge on any atom is -0.357 e. The third-order valence-corrected chi connectivity index (χ3v) is 1.97. The summed E-state index contributed by atoms with van der Waals surface area (Å²) in [6.45, 7) is 2.20. The zero-order valence-electron chi connectivity index (χ0n) is 6.76. The standard InChI is InChI=1S/C7H12N2O2/c1-5(10)9-4-3-6(9)7(11)8-2/h6H,3-4H2,1-2H3,(H,8,11)/t6-/m0/s1. The number of hydrogen-bond donors (Lipinski definition) is 1. The first-order valence-electron chi connectivity index (χ1n) is 3.65. The van der Waals surface area contributed by atoms with Crippen LogP contribution in [0.5, 0.6) is 0 Å². The molecule has 0 aliphatic carbocycles. The molecule has 0 unspecified atom stereocenters. The molecule has 1 saturated heterocycles. The number of amides is 2. The summed E-state index contributed by atoms with van der Waals surface area (Å²) in [4.78, 5) is 23.4. The maximum atomic E-state index is 11.0. The van der Waals surface area contributed by atoms with Crippen LogP contribution in [-0.4, -0.2) is 36.3 Å². The van der Waals surface area contributed by atoms with Gasteiger partial charge in [0.1, 0.15) is 6.04 Å². The van der Waals surface area contributed by atoms with Crippen molar-refractivity contribution in [1.82, 2.24) is 10.2 Å². The van der Waals surface area contributed by atoms with E-state index in [1.54, 1.807) is 11.9 Å². The van der Waals surface area contributed by atoms with Crippen molar-refractivity contribution < 1.29 is 9.59 Å². The number of hydrogen-bond acceptors (Lipinski definition) is 2. The zero-order chi connectivity index (χ0) is 8.43. The van der Waals surface area contributed by atoms with Crippen molar-refractivity contribution in [1.29, 1.82) is 0 Å². The van der Waals surface area contributed by atoms with Crippen molar-refractivity contribution in [3.8, 4) is 0 Å². The summed E-state index contributed by atoms with van der Waals surface area (Å²) in [5.41, 5.74) is 0. The Bertz CT molecular complexity index is 191. The molecule has 4 nitrogen and oxygen atoms in total. The first-order valence-corrected chi connectivity index (χ1v) is 3.65. The zero-order valence-corrected chi connectivity index (χ0v) is 6.76. The summed E-state index contributed by atoms with van der Waals surface area (Å²) in [6.07, 6.45) is 0.791. The molecular weight excluding hydrogens is 144 g/mol. The summed E-state index contributed by atoms with van der Waals surface area (Å²) in [6, 6.07) is -0.211. The second-order valence-electron chi connectivity index (χ2n) is 2.63. The minimum atomic E-state index is -0.211. The SMILES string of the molecule is CNC(=O)[C@@H]1CCN1C(C)=O. The summed E-state index contributed by atoms with van der Waals surface area (Å²) in [5.74, 6) is -0.0868. The lowest BCUT2D eigenvalue weighted by Crippen LogP contribution is -2.57. The van der Waals surface area contributed by atoms with Gasteiger partial charge in [-0.15, -0.1) is 0 Å². The average molecular weight is 156 g/mol. The van der Waals surface area contributed by atoms with Gasteiger partial charge in [-0.25, -0.2) is 0 Å². The van der Waals surface area contributed by atoms with E-state index in [0.717, 1.165) is 6.42 Å². The molecule has 1 aliphatic heterocycles. The summed E-state index contributed by atoms with van der Waals surface area (Å²) < 4.78 is 0. The number of nitrogens with zero attached hydrogens (tertiary/aromatic N) is 1. The predicted molar refractivity (Wildman–Crippen MR) is 39.9 cm³/mol. The fourth-order valence-corrected chi connectivity index (χ4v) is 1.20. The van der Waals surface area contributed by atoms with Gasteiger partial charge in [-0.1, -0.05) is 0 Å². The molecule has 62 valence electrons. The van der Waals surface area contributed by atoms with Crippen LogP contribution in [0.15, 0.2) is 0 Å². The number of likely N-dealkylation sites (N-methyl/N-ethyl adjacent to an activating group) is 1. The molecule has 1 atom stereocenters. The van der Waals surface area contributed by atoms with Gasteiger partial charge in [-0.3, -0.25) is 9.59 Å². The number of nitrogens with one attached hydrogen (secondary N) is 1. The van der Waals surface area contributed by atoms with Crippen LogP contribution in [0.1, 0.15) is 13.3 Å². The lowest BCUT2D eigenvalue weighted by molar-refractivity contribution is -0.145. The van der Waals surface area contributed by atoms with E-state index in [0.29, 0.717) is 6.54 Å². The first-order chi connectivity index (χ1) is 5.16. The highest BCUT2D eigenvalue weighted by Gasteiger charge is 2.34. The van der Waals surface area contributed by atoms with Gasteiger partial charge < -0.3 is 10.2 Å². The second-order valence-corrected chi connectivity index (χ2v) is 2.63. The van der Waals surface area contributed by atoms with Gasteiger partial charge in [0.05, 0.1) is 0 Å². The third-order valence-electron chi connectivity index (χ3n) is 1.97. The Hall–Kier alpha value is -1.06. The molecule has 0 spiro atoms. The van der Waals surface area contributed by atoms with E-state index in [2.05, 4.69) is 5.32 Å². The number of likely N-dealkylation sites (tertiary alicyclic amines) is 1.